The van der Waals surface area contributed by atoms with Crippen molar-refractivity contribution in [2.45, 2.75) is 19.9 Å². The predicted octanol–water partition coefficient (Wildman–Crippen LogP) is 2.18. The summed E-state index contributed by atoms with van der Waals surface area (Å²) in [5.41, 5.74) is -0.0609. The molecule has 0 aromatic heterocycles. The molecule has 0 saturated heterocycles. The maximum atomic E-state index is 13.6. The van der Waals surface area contributed by atoms with Crippen LogP contribution in [0, 0.1) is 5.82 Å². The Bertz CT molecular complexity index is 492. The first-order valence-corrected chi connectivity index (χ1v) is 6.60. The zero-order chi connectivity index (χ0) is 14.6. The van der Waals surface area contributed by atoms with Crippen LogP contribution in [0.5, 0.6) is 0 Å². The molecular weight excluding hydrogens is 315 g/mol. The standard InChI is InChI=1S/C13H16BrFN2O2/c1-8(2)16-12(18)7-17(3)13(19)10-6-9(14)4-5-11(10)15/h4-6,8H,7H2,1-3H3,(H,16,18). The molecule has 0 aliphatic carbocycles. The van der Waals surface area contributed by atoms with Crippen molar-refractivity contribution < 1.29 is 14.0 Å². The Morgan fingerprint density at radius 2 is 2.05 bits per heavy atom. The van der Waals surface area contributed by atoms with Gasteiger partial charge >= 0.3 is 0 Å². The van der Waals surface area contributed by atoms with E-state index in [1.54, 1.807) is 0 Å². The molecule has 0 aliphatic rings. The van der Waals surface area contributed by atoms with Crippen LogP contribution in [0.3, 0.4) is 0 Å². The van der Waals surface area contributed by atoms with Gasteiger partial charge in [-0.2, -0.15) is 0 Å². The number of halogens is 2. The number of carbonyl (C=O) groups excluding carboxylic acids is 2. The van der Waals surface area contributed by atoms with E-state index in [0.29, 0.717) is 4.47 Å². The number of hydrogen-bond acceptors (Lipinski definition) is 2. The summed E-state index contributed by atoms with van der Waals surface area (Å²) < 4.78 is 14.2. The Labute approximate surface area is 120 Å². The Kier molecular flexibility index (Phi) is 5.47. The summed E-state index contributed by atoms with van der Waals surface area (Å²) in [6.07, 6.45) is 0. The number of amides is 2. The fourth-order valence-electron chi connectivity index (χ4n) is 1.52. The molecule has 0 heterocycles. The number of nitrogens with zero attached hydrogens (tertiary/aromatic N) is 1. The van der Waals surface area contributed by atoms with Gasteiger partial charge in [-0.05, 0) is 32.0 Å². The van der Waals surface area contributed by atoms with E-state index in [2.05, 4.69) is 21.2 Å². The second-order valence-corrected chi connectivity index (χ2v) is 5.42. The number of carbonyl (C=O) groups is 2. The molecule has 0 atom stereocenters. The van der Waals surface area contributed by atoms with Crippen molar-refractivity contribution >= 4 is 27.7 Å². The molecule has 0 spiro atoms. The number of hydrogen-bond donors (Lipinski definition) is 1. The van der Waals surface area contributed by atoms with Crippen molar-refractivity contribution in [2.24, 2.45) is 0 Å². The normalized spacial score (nSPS) is 10.4. The van der Waals surface area contributed by atoms with Gasteiger partial charge in [-0.15, -0.1) is 0 Å². The van der Waals surface area contributed by atoms with Crippen LogP contribution in [-0.2, 0) is 4.79 Å². The molecule has 1 N–H and O–H groups in total. The van der Waals surface area contributed by atoms with Crippen LogP contribution in [0.1, 0.15) is 24.2 Å². The second-order valence-electron chi connectivity index (χ2n) is 4.51. The second kappa shape index (κ2) is 6.65. The van der Waals surface area contributed by atoms with Gasteiger partial charge in [-0.25, -0.2) is 4.39 Å². The first-order chi connectivity index (χ1) is 8.81. The van der Waals surface area contributed by atoms with Crippen LogP contribution < -0.4 is 5.32 Å². The minimum Gasteiger partial charge on any atom is -0.352 e. The number of benzene rings is 1. The molecule has 1 rings (SSSR count). The van der Waals surface area contributed by atoms with Gasteiger partial charge in [-0.3, -0.25) is 9.59 Å². The molecule has 6 heteroatoms. The summed E-state index contributed by atoms with van der Waals surface area (Å²) in [7, 11) is 1.46. The Morgan fingerprint density at radius 1 is 1.42 bits per heavy atom. The summed E-state index contributed by atoms with van der Waals surface area (Å²) in [5.74, 6) is -1.41. The summed E-state index contributed by atoms with van der Waals surface area (Å²) >= 11 is 3.18. The van der Waals surface area contributed by atoms with E-state index in [4.69, 9.17) is 0 Å². The van der Waals surface area contributed by atoms with Crippen LogP contribution in [0.25, 0.3) is 0 Å². The molecule has 4 nitrogen and oxygen atoms in total. The number of likely N-dealkylation sites (N-methyl/N-ethyl adjacent to an activating group) is 1. The highest BCUT2D eigenvalue weighted by atomic mass is 79.9. The van der Waals surface area contributed by atoms with Gasteiger partial charge in [0.2, 0.25) is 5.91 Å². The maximum Gasteiger partial charge on any atom is 0.257 e. The minimum atomic E-state index is -0.607. The van der Waals surface area contributed by atoms with Gasteiger partial charge in [0.05, 0.1) is 12.1 Å². The van der Waals surface area contributed by atoms with Crippen LogP contribution in [0.2, 0.25) is 0 Å². The SMILES string of the molecule is CC(C)NC(=O)CN(C)C(=O)c1cc(Br)ccc1F. The van der Waals surface area contributed by atoms with E-state index in [0.717, 1.165) is 0 Å². The van der Waals surface area contributed by atoms with Gasteiger partial charge in [-0.1, -0.05) is 15.9 Å². The molecule has 0 bridgehead atoms. The van der Waals surface area contributed by atoms with Crippen LogP contribution in [0.15, 0.2) is 22.7 Å². The molecule has 2 amide bonds. The maximum absolute atomic E-state index is 13.6. The molecule has 0 aliphatic heterocycles. The molecule has 0 saturated carbocycles. The highest BCUT2D eigenvalue weighted by Gasteiger charge is 2.18. The molecular formula is C13H16BrFN2O2. The van der Waals surface area contributed by atoms with Crippen molar-refractivity contribution in [1.29, 1.82) is 0 Å². The van der Waals surface area contributed by atoms with E-state index in [1.807, 2.05) is 13.8 Å². The third-order valence-electron chi connectivity index (χ3n) is 2.34. The lowest BCUT2D eigenvalue weighted by Gasteiger charge is -2.18. The smallest absolute Gasteiger partial charge is 0.257 e. The van der Waals surface area contributed by atoms with Gasteiger partial charge in [0.1, 0.15) is 5.82 Å². The van der Waals surface area contributed by atoms with Crippen LogP contribution >= 0.6 is 15.9 Å². The van der Waals surface area contributed by atoms with E-state index in [1.165, 1.54) is 30.1 Å². The highest BCUT2D eigenvalue weighted by Crippen LogP contribution is 2.16. The lowest BCUT2D eigenvalue weighted by molar-refractivity contribution is -0.122. The summed E-state index contributed by atoms with van der Waals surface area (Å²) in [5, 5.41) is 2.67. The lowest BCUT2D eigenvalue weighted by Crippen LogP contribution is -2.41. The monoisotopic (exact) mass is 330 g/mol. The van der Waals surface area contributed by atoms with Gasteiger partial charge in [0.15, 0.2) is 0 Å². The van der Waals surface area contributed by atoms with Crippen LogP contribution in [0.4, 0.5) is 4.39 Å². The molecule has 0 radical (unpaired) electrons. The summed E-state index contributed by atoms with van der Waals surface area (Å²) in [4.78, 5) is 24.8. The van der Waals surface area contributed by atoms with E-state index in [9.17, 15) is 14.0 Å². The molecule has 104 valence electrons. The first-order valence-electron chi connectivity index (χ1n) is 5.81. The van der Waals surface area contributed by atoms with Gasteiger partial charge < -0.3 is 10.2 Å². The largest absolute Gasteiger partial charge is 0.352 e. The molecule has 0 unspecified atom stereocenters. The lowest BCUT2D eigenvalue weighted by atomic mass is 10.2. The molecule has 1 aromatic rings. The molecule has 0 fully saturated rings. The number of rotatable bonds is 4. The zero-order valence-electron chi connectivity index (χ0n) is 11.0. The Morgan fingerprint density at radius 3 is 2.63 bits per heavy atom. The third kappa shape index (κ3) is 4.63. The molecule has 19 heavy (non-hydrogen) atoms. The highest BCUT2D eigenvalue weighted by molar-refractivity contribution is 9.10. The van der Waals surface area contributed by atoms with E-state index < -0.39 is 11.7 Å². The topological polar surface area (TPSA) is 49.4 Å². The average Bonchev–Trinajstić information content (AvgIpc) is 2.30. The minimum absolute atomic E-state index is 0.00129. The van der Waals surface area contributed by atoms with Crippen molar-refractivity contribution in [3.63, 3.8) is 0 Å². The predicted molar refractivity (Wildman–Crippen MR) is 74.3 cm³/mol. The summed E-state index contributed by atoms with van der Waals surface area (Å²) in [6.45, 7) is 3.55. The fraction of sp³-hybridized carbons (Fsp3) is 0.385. The Hall–Kier alpha value is -1.43. The number of nitrogens with one attached hydrogen (secondary N) is 1. The first kappa shape index (κ1) is 15.6. The van der Waals surface area contributed by atoms with Crippen molar-refractivity contribution in [1.82, 2.24) is 10.2 Å². The Balaban J connectivity index is 2.77. The average molecular weight is 331 g/mol. The van der Waals surface area contributed by atoms with Crippen molar-refractivity contribution in [3.05, 3.63) is 34.1 Å². The quantitative estimate of drug-likeness (QED) is 0.919. The van der Waals surface area contributed by atoms with Gasteiger partial charge in [0, 0.05) is 17.6 Å². The fourth-order valence-corrected chi connectivity index (χ4v) is 1.88. The van der Waals surface area contributed by atoms with Crippen LogP contribution in [-0.4, -0.2) is 36.3 Å². The van der Waals surface area contributed by atoms with E-state index in [-0.39, 0.29) is 24.1 Å². The van der Waals surface area contributed by atoms with Crippen molar-refractivity contribution in [3.8, 4) is 0 Å². The van der Waals surface area contributed by atoms with E-state index >= 15 is 0 Å². The summed E-state index contributed by atoms with van der Waals surface area (Å²) in [6, 6.07) is 4.12. The van der Waals surface area contributed by atoms with Gasteiger partial charge in [0.25, 0.3) is 5.91 Å². The third-order valence-corrected chi connectivity index (χ3v) is 2.83. The molecule has 1 aromatic carbocycles. The zero-order valence-corrected chi connectivity index (χ0v) is 12.6. The van der Waals surface area contributed by atoms with Crippen molar-refractivity contribution in [2.75, 3.05) is 13.6 Å².